The van der Waals surface area contributed by atoms with Gasteiger partial charge >= 0.3 is 6.03 Å². The number of hydrogen-bond acceptors (Lipinski definition) is 4. The summed E-state index contributed by atoms with van der Waals surface area (Å²) in [7, 11) is 0. The van der Waals surface area contributed by atoms with Crippen molar-refractivity contribution in [2.24, 2.45) is 0 Å². The summed E-state index contributed by atoms with van der Waals surface area (Å²) in [6, 6.07) is 7.98. The molecular formula is C15H17N5OS. The van der Waals surface area contributed by atoms with Gasteiger partial charge < -0.3 is 15.2 Å². The van der Waals surface area contributed by atoms with Crippen LogP contribution in [-0.4, -0.2) is 20.8 Å². The molecule has 22 heavy (non-hydrogen) atoms. The highest BCUT2D eigenvalue weighted by Gasteiger charge is 2.07. The zero-order chi connectivity index (χ0) is 15.4. The molecule has 0 fully saturated rings. The Kier molecular flexibility index (Phi) is 4.34. The Bertz CT molecular complexity index is 779. The lowest BCUT2D eigenvalue weighted by molar-refractivity contribution is 0.239. The highest BCUT2D eigenvalue weighted by Crippen LogP contribution is 2.25. The second-order valence-electron chi connectivity index (χ2n) is 4.83. The van der Waals surface area contributed by atoms with Gasteiger partial charge in [0.1, 0.15) is 6.33 Å². The van der Waals surface area contributed by atoms with E-state index >= 15 is 0 Å². The summed E-state index contributed by atoms with van der Waals surface area (Å²) < 4.78 is 3.13. The van der Waals surface area contributed by atoms with Crippen LogP contribution in [0.2, 0.25) is 0 Å². The van der Waals surface area contributed by atoms with E-state index in [2.05, 4.69) is 38.3 Å². The Balaban J connectivity index is 1.54. The van der Waals surface area contributed by atoms with Crippen molar-refractivity contribution in [1.29, 1.82) is 0 Å². The minimum atomic E-state index is -0.207. The van der Waals surface area contributed by atoms with Gasteiger partial charge in [-0.05, 0) is 29.3 Å². The molecule has 0 aliphatic carbocycles. The molecule has 6 nitrogen and oxygen atoms in total. The molecule has 0 radical (unpaired) electrons. The number of nitrogens with one attached hydrogen (secondary N) is 2. The third kappa shape index (κ3) is 3.09. The quantitative estimate of drug-likeness (QED) is 0.760. The minimum absolute atomic E-state index is 0.207. The van der Waals surface area contributed by atoms with Crippen LogP contribution in [0, 0.1) is 0 Å². The number of nitrogens with zero attached hydrogens (tertiary/aromatic N) is 3. The number of carbonyl (C=O) groups excluding carboxylic acids is 1. The van der Waals surface area contributed by atoms with Crippen LogP contribution >= 0.6 is 11.3 Å². The van der Waals surface area contributed by atoms with Gasteiger partial charge in [0.15, 0.2) is 5.82 Å². The molecule has 0 atom stereocenters. The third-order valence-electron chi connectivity index (χ3n) is 3.44. The Morgan fingerprint density at radius 2 is 2.09 bits per heavy atom. The third-order valence-corrected chi connectivity index (χ3v) is 4.46. The van der Waals surface area contributed by atoms with Gasteiger partial charge in [-0.25, -0.2) is 4.79 Å². The first-order valence-corrected chi connectivity index (χ1v) is 7.99. The highest BCUT2D eigenvalue weighted by molar-refractivity contribution is 7.17. The van der Waals surface area contributed by atoms with Crippen LogP contribution in [0.5, 0.6) is 0 Å². The standard InChI is InChI=1S/C15H17N5OS/c1-2-20-10-18-19-14(20)8-17-15(21)16-7-11-9-22-13-6-4-3-5-12(11)13/h3-6,9-10H,2,7-8H2,1H3,(H2,16,17,21). The van der Waals surface area contributed by atoms with E-state index in [1.807, 2.05) is 23.6 Å². The number of aromatic nitrogens is 3. The second-order valence-corrected chi connectivity index (χ2v) is 5.74. The van der Waals surface area contributed by atoms with Crippen LogP contribution < -0.4 is 10.6 Å². The maximum absolute atomic E-state index is 11.9. The second kappa shape index (κ2) is 6.57. The van der Waals surface area contributed by atoms with Crippen molar-refractivity contribution in [2.45, 2.75) is 26.6 Å². The maximum Gasteiger partial charge on any atom is 0.315 e. The lowest BCUT2D eigenvalue weighted by Gasteiger charge is -2.07. The van der Waals surface area contributed by atoms with Crippen LogP contribution in [0.15, 0.2) is 36.0 Å². The lowest BCUT2D eigenvalue weighted by Crippen LogP contribution is -2.35. The summed E-state index contributed by atoms with van der Waals surface area (Å²) >= 11 is 1.69. The van der Waals surface area contributed by atoms with Crippen LogP contribution in [0.3, 0.4) is 0 Å². The molecular weight excluding hydrogens is 298 g/mol. The van der Waals surface area contributed by atoms with E-state index < -0.39 is 0 Å². The molecule has 7 heteroatoms. The van der Waals surface area contributed by atoms with Crippen molar-refractivity contribution in [3.05, 3.63) is 47.4 Å². The normalized spacial score (nSPS) is 10.8. The van der Waals surface area contributed by atoms with E-state index in [9.17, 15) is 4.79 Å². The average Bonchev–Trinajstić information content (AvgIpc) is 3.17. The van der Waals surface area contributed by atoms with E-state index in [-0.39, 0.29) is 6.03 Å². The van der Waals surface area contributed by atoms with Crippen LogP contribution in [0.25, 0.3) is 10.1 Å². The Hall–Kier alpha value is -2.41. The van der Waals surface area contributed by atoms with Gasteiger partial charge in [-0.1, -0.05) is 18.2 Å². The Morgan fingerprint density at radius 3 is 2.95 bits per heavy atom. The molecule has 3 rings (SSSR count). The molecule has 0 unspecified atom stereocenters. The first-order valence-electron chi connectivity index (χ1n) is 7.11. The molecule has 2 heterocycles. The molecule has 0 aliphatic heterocycles. The molecule has 0 saturated heterocycles. The fourth-order valence-corrected chi connectivity index (χ4v) is 3.21. The van der Waals surface area contributed by atoms with Crippen molar-refractivity contribution in [1.82, 2.24) is 25.4 Å². The number of hydrogen-bond donors (Lipinski definition) is 2. The summed E-state index contributed by atoms with van der Waals surface area (Å²) in [5.41, 5.74) is 1.13. The Morgan fingerprint density at radius 1 is 1.27 bits per heavy atom. The number of carbonyl (C=O) groups is 1. The number of aryl methyl sites for hydroxylation is 1. The molecule has 2 N–H and O–H groups in total. The molecule has 3 aromatic rings. The molecule has 0 bridgehead atoms. The summed E-state index contributed by atoms with van der Waals surface area (Å²) in [5.74, 6) is 0.749. The number of urea groups is 1. The van der Waals surface area contributed by atoms with E-state index in [1.165, 1.54) is 10.1 Å². The van der Waals surface area contributed by atoms with Gasteiger partial charge in [-0.2, -0.15) is 0 Å². The van der Waals surface area contributed by atoms with Crippen LogP contribution in [-0.2, 0) is 19.6 Å². The van der Waals surface area contributed by atoms with E-state index in [0.717, 1.165) is 17.9 Å². The predicted octanol–water partition coefficient (Wildman–Crippen LogP) is 2.51. The minimum Gasteiger partial charge on any atom is -0.334 e. The van der Waals surface area contributed by atoms with Gasteiger partial charge in [0, 0.05) is 17.8 Å². The van der Waals surface area contributed by atoms with Crippen LogP contribution in [0.4, 0.5) is 4.79 Å². The van der Waals surface area contributed by atoms with Gasteiger partial charge in [-0.15, -0.1) is 21.5 Å². The average molecular weight is 315 g/mol. The first-order chi connectivity index (χ1) is 10.8. The highest BCUT2D eigenvalue weighted by atomic mass is 32.1. The summed E-state index contributed by atoms with van der Waals surface area (Å²) in [5, 5.41) is 16.8. The van der Waals surface area contributed by atoms with E-state index in [0.29, 0.717) is 13.1 Å². The number of benzene rings is 1. The zero-order valence-corrected chi connectivity index (χ0v) is 13.1. The maximum atomic E-state index is 11.9. The first kappa shape index (κ1) is 14.5. The molecule has 0 aliphatic rings. The fraction of sp³-hybridized carbons (Fsp3) is 0.267. The molecule has 0 spiro atoms. The predicted molar refractivity (Wildman–Crippen MR) is 86.6 cm³/mol. The van der Waals surface area contributed by atoms with Crippen molar-refractivity contribution in [3.63, 3.8) is 0 Å². The fourth-order valence-electron chi connectivity index (χ4n) is 2.25. The zero-order valence-electron chi connectivity index (χ0n) is 12.2. The number of fused-ring (bicyclic) bond motifs is 1. The lowest BCUT2D eigenvalue weighted by atomic mass is 10.2. The van der Waals surface area contributed by atoms with Crippen molar-refractivity contribution in [2.75, 3.05) is 0 Å². The van der Waals surface area contributed by atoms with Crippen molar-refractivity contribution >= 4 is 27.5 Å². The largest absolute Gasteiger partial charge is 0.334 e. The molecule has 2 aromatic heterocycles. The summed E-state index contributed by atoms with van der Waals surface area (Å²) in [6.07, 6.45) is 1.66. The van der Waals surface area contributed by atoms with Crippen LogP contribution in [0.1, 0.15) is 18.3 Å². The van der Waals surface area contributed by atoms with Crippen molar-refractivity contribution in [3.8, 4) is 0 Å². The summed E-state index contributed by atoms with van der Waals surface area (Å²) in [4.78, 5) is 11.9. The molecule has 1 aromatic carbocycles. The molecule has 0 saturated carbocycles. The van der Waals surface area contributed by atoms with E-state index in [1.54, 1.807) is 17.7 Å². The molecule has 2 amide bonds. The van der Waals surface area contributed by atoms with Gasteiger partial charge in [0.05, 0.1) is 6.54 Å². The van der Waals surface area contributed by atoms with Gasteiger partial charge in [-0.3, -0.25) is 0 Å². The smallest absolute Gasteiger partial charge is 0.315 e. The monoisotopic (exact) mass is 315 g/mol. The topological polar surface area (TPSA) is 71.8 Å². The van der Waals surface area contributed by atoms with Gasteiger partial charge in [0.2, 0.25) is 0 Å². The van der Waals surface area contributed by atoms with Crippen molar-refractivity contribution < 1.29 is 4.79 Å². The Labute approximate surface area is 132 Å². The SMILES string of the molecule is CCn1cnnc1CNC(=O)NCc1csc2ccccc12. The van der Waals surface area contributed by atoms with E-state index in [4.69, 9.17) is 0 Å². The number of rotatable bonds is 5. The number of thiophene rings is 1. The molecule has 114 valence electrons. The summed E-state index contributed by atoms with van der Waals surface area (Å²) in [6.45, 7) is 3.67. The number of amides is 2. The van der Waals surface area contributed by atoms with Gasteiger partial charge in [0.25, 0.3) is 0 Å².